The van der Waals surface area contributed by atoms with Gasteiger partial charge in [0.15, 0.2) is 0 Å². The number of carbonyl (C=O) groups is 1. The van der Waals surface area contributed by atoms with Crippen LogP contribution in [0, 0.1) is 17.3 Å². The standard InChI is InChI=1S/C16H31N3O/c1-16(2,3)13-6-4-12(5-7-13)14(15(17)20)19-10-8-18-9-11-19/h12-14,18H,4-11H2,1-3H3,(H2,17,20). The predicted octanol–water partition coefficient (Wildman–Crippen LogP) is 1.60. The average Bonchev–Trinajstić information content (AvgIpc) is 2.39. The molecule has 116 valence electrons. The highest BCUT2D eigenvalue weighted by Gasteiger charge is 2.37. The minimum absolute atomic E-state index is 0.0435. The summed E-state index contributed by atoms with van der Waals surface area (Å²) in [6.07, 6.45) is 4.78. The van der Waals surface area contributed by atoms with Crippen LogP contribution in [0.15, 0.2) is 0 Å². The van der Waals surface area contributed by atoms with Crippen LogP contribution in [-0.2, 0) is 4.79 Å². The van der Waals surface area contributed by atoms with Crippen molar-refractivity contribution in [1.82, 2.24) is 10.2 Å². The number of hydrogen-bond donors (Lipinski definition) is 2. The number of primary amides is 1. The molecule has 2 fully saturated rings. The number of carbonyl (C=O) groups excluding carboxylic acids is 1. The number of hydrogen-bond acceptors (Lipinski definition) is 3. The van der Waals surface area contributed by atoms with Crippen molar-refractivity contribution >= 4 is 5.91 Å². The topological polar surface area (TPSA) is 58.4 Å². The van der Waals surface area contributed by atoms with Crippen LogP contribution in [0.2, 0.25) is 0 Å². The molecule has 2 rings (SSSR count). The molecule has 20 heavy (non-hydrogen) atoms. The zero-order valence-corrected chi connectivity index (χ0v) is 13.3. The molecule has 4 heteroatoms. The van der Waals surface area contributed by atoms with E-state index in [-0.39, 0.29) is 11.9 Å². The Bertz CT molecular complexity index is 323. The first kappa shape index (κ1) is 15.8. The van der Waals surface area contributed by atoms with Gasteiger partial charge in [-0.05, 0) is 42.9 Å². The van der Waals surface area contributed by atoms with Gasteiger partial charge in [-0.1, -0.05) is 20.8 Å². The first-order valence-corrected chi connectivity index (χ1v) is 8.13. The van der Waals surface area contributed by atoms with Crippen LogP contribution in [0.3, 0.4) is 0 Å². The Kier molecular flexibility index (Phi) is 5.08. The van der Waals surface area contributed by atoms with Gasteiger partial charge in [0, 0.05) is 26.2 Å². The summed E-state index contributed by atoms with van der Waals surface area (Å²) in [6, 6.07) is -0.0435. The molecule has 1 aliphatic heterocycles. The van der Waals surface area contributed by atoms with E-state index in [1.807, 2.05) is 0 Å². The van der Waals surface area contributed by atoms with Crippen molar-refractivity contribution < 1.29 is 4.79 Å². The Balaban J connectivity index is 1.96. The molecule has 4 nitrogen and oxygen atoms in total. The fourth-order valence-corrected chi connectivity index (χ4v) is 3.97. The van der Waals surface area contributed by atoms with Crippen LogP contribution in [0.4, 0.5) is 0 Å². The molecule has 1 saturated heterocycles. The second-order valence-corrected chi connectivity index (χ2v) is 7.61. The third-order valence-electron chi connectivity index (χ3n) is 5.28. The summed E-state index contributed by atoms with van der Waals surface area (Å²) >= 11 is 0. The summed E-state index contributed by atoms with van der Waals surface area (Å²) < 4.78 is 0. The Morgan fingerprint density at radius 3 is 2.15 bits per heavy atom. The number of amides is 1. The number of piperazine rings is 1. The zero-order chi connectivity index (χ0) is 14.8. The van der Waals surface area contributed by atoms with E-state index in [2.05, 4.69) is 31.0 Å². The molecule has 1 amide bonds. The minimum atomic E-state index is -0.119. The summed E-state index contributed by atoms with van der Waals surface area (Å²) in [5.74, 6) is 1.13. The van der Waals surface area contributed by atoms with E-state index in [9.17, 15) is 4.79 Å². The van der Waals surface area contributed by atoms with E-state index >= 15 is 0 Å². The van der Waals surface area contributed by atoms with Gasteiger partial charge in [0.1, 0.15) is 0 Å². The highest BCUT2D eigenvalue weighted by Crippen LogP contribution is 2.41. The molecule has 0 aromatic carbocycles. The quantitative estimate of drug-likeness (QED) is 0.826. The van der Waals surface area contributed by atoms with Gasteiger partial charge in [-0.3, -0.25) is 9.69 Å². The Morgan fingerprint density at radius 1 is 1.15 bits per heavy atom. The molecule has 0 aromatic rings. The van der Waals surface area contributed by atoms with Crippen LogP contribution in [0.5, 0.6) is 0 Å². The average molecular weight is 281 g/mol. The van der Waals surface area contributed by atoms with Crippen molar-refractivity contribution in [3.63, 3.8) is 0 Å². The summed E-state index contributed by atoms with van der Waals surface area (Å²) in [4.78, 5) is 14.2. The lowest BCUT2D eigenvalue weighted by Crippen LogP contribution is -2.56. The van der Waals surface area contributed by atoms with Crippen LogP contribution in [0.1, 0.15) is 46.5 Å². The number of rotatable bonds is 3. The van der Waals surface area contributed by atoms with Gasteiger partial charge in [-0.25, -0.2) is 0 Å². The van der Waals surface area contributed by atoms with Crippen LogP contribution in [-0.4, -0.2) is 43.0 Å². The van der Waals surface area contributed by atoms with E-state index in [0.717, 1.165) is 44.9 Å². The third-order valence-corrected chi connectivity index (χ3v) is 5.28. The summed E-state index contributed by atoms with van der Waals surface area (Å²) in [7, 11) is 0. The molecule has 0 aromatic heterocycles. The monoisotopic (exact) mass is 281 g/mol. The zero-order valence-electron chi connectivity index (χ0n) is 13.3. The molecule has 1 atom stereocenters. The molecular formula is C16H31N3O. The van der Waals surface area contributed by atoms with Gasteiger partial charge in [0.2, 0.25) is 5.91 Å². The lowest BCUT2D eigenvalue weighted by atomic mass is 9.68. The predicted molar refractivity (Wildman–Crippen MR) is 82.3 cm³/mol. The van der Waals surface area contributed by atoms with Crippen molar-refractivity contribution in [3.8, 4) is 0 Å². The maximum atomic E-state index is 11.9. The number of nitrogens with zero attached hydrogens (tertiary/aromatic N) is 1. The molecular weight excluding hydrogens is 250 g/mol. The van der Waals surface area contributed by atoms with E-state index in [1.54, 1.807) is 0 Å². The first-order valence-electron chi connectivity index (χ1n) is 8.13. The minimum Gasteiger partial charge on any atom is -0.368 e. The molecule has 3 N–H and O–H groups in total. The van der Waals surface area contributed by atoms with Crippen LogP contribution < -0.4 is 11.1 Å². The van der Waals surface area contributed by atoms with Crippen LogP contribution in [0.25, 0.3) is 0 Å². The highest BCUT2D eigenvalue weighted by molar-refractivity contribution is 5.80. The summed E-state index contributed by atoms with van der Waals surface area (Å²) in [5, 5.41) is 3.34. The molecule has 2 aliphatic rings. The van der Waals surface area contributed by atoms with Gasteiger partial charge in [-0.2, -0.15) is 0 Å². The van der Waals surface area contributed by atoms with E-state index < -0.39 is 0 Å². The lowest BCUT2D eigenvalue weighted by molar-refractivity contribution is -0.126. The second-order valence-electron chi connectivity index (χ2n) is 7.61. The van der Waals surface area contributed by atoms with Gasteiger partial charge >= 0.3 is 0 Å². The largest absolute Gasteiger partial charge is 0.368 e. The van der Waals surface area contributed by atoms with Crippen LogP contribution >= 0.6 is 0 Å². The van der Waals surface area contributed by atoms with Gasteiger partial charge in [0.25, 0.3) is 0 Å². The molecule has 0 radical (unpaired) electrons. The SMILES string of the molecule is CC(C)(C)C1CCC(C(C(N)=O)N2CCNCC2)CC1. The van der Waals surface area contributed by atoms with Crippen molar-refractivity contribution in [2.24, 2.45) is 23.0 Å². The molecule has 1 heterocycles. The fourth-order valence-electron chi connectivity index (χ4n) is 3.97. The fraction of sp³-hybridized carbons (Fsp3) is 0.938. The van der Waals surface area contributed by atoms with Gasteiger partial charge in [0.05, 0.1) is 6.04 Å². The lowest BCUT2D eigenvalue weighted by Gasteiger charge is -2.42. The van der Waals surface area contributed by atoms with Crippen molar-refractivity contribution in [3.05, 3.63) is 0 Å². The Hall–Kier alpha value is -0.610. The number of nitrogens with one attached hydrogen (secondary N) is 1. The summed E-state index contributed by atoms with van der Waals surface area (Å²) in [5.41, 5.74) is 6.11. The van der Waals surface area contributed by atoms with E-state index in [4.69, 9.17) is 5.73 Å². The molecule has 1 aliphatic carbocycles. The maximum Gasteiger partial charge on any atom is 0.235 e. The smallest absolute Gasteiger partial charge is 0.235 e. The molecule has 0 bridgehead atoms. The van der Waals surface area contributed by atoms with Gasteiger partial charge in [-0.15, -0.1) is 0 Å². The van der Waals surface area contributed by atoms with E-state index in [1.165, 1.54) is 12.8 Å². The third kappa shape index (κ3) is 3.73. The van der Waals surface area contributed by atoms with Gasteiger partial charge < -0.3 is 11.1 Å². The second kappa shape index (κ2) is 6.44. The Morgan fingerprint density at radius 2 is 1.70 bits per heavy atom. The Labute approximate surface area is 123 Å². The van der Waals surface area contributed by atoms with Crippen molar-refractivity contribution in [2.45, 2.75) is 52.5 Å². The molecule has 0 spiro atoms. The van der Waals surface area contributed by atoms with E-state index in [0.29, 0.717) is 11.3 Å². The molecule has 1 saturated carbocycles. The molecule has 1 unspecified atom stereocenters. The maximum absolute atomic E-state index is 11.9. The first-order chi connectivity index (χ1) is 9.39. The highest BCUT2D eigenvalue weighted by atomic mass is 16.1. The van der Waals surface area contributed by atoms with Crippen molar-refractivity contribution in [2.75, 3.05) is 26.2 Å². The number of nitrogens with two attached hydrogens (primary N) is 1. The summed E-state index contributed by atoms with van der Waals surface area (Å²) in [6.45, 7) is 10.8. The normalized spacial score (nSPS) is 30.9. The van der Waals surface area contributed by atoms with Crippen molar-refractivity contribution in [1.29, 1.82) is 0 Å².